The summed E-state index contributed by atoms with van der Waals surface area (Å²) in [5.41, 5.74) is 0. The third-order valence-corrected chi connectivity index (χ3v) is 13.4. The van der Waals surface area contributed by atoms with Gasteiger partial charge in [0.25, 0.3) is 0 Å². The molecule has 8 atom stereocenters. The molecule has 0 aromatic carbocycles. The molecule has 8 unspecified atom stereocenters. The van der Waals surface area contributed by atoms with Crippen LogP contribution >= 0.6 is 46.8 Å². The second kappa shape index (κ2) is 50.3. The van der Waals surface area contributed by atoms with Crippen molar-refractivity contribution in [2.45, 2.75) is 207 Å². The summed E-state index contributed by atoms with van der Waals surface area (Å²) in [5.74, 6) is 3.41. The smallest absolute Gasteiger partial charge is 0.0667 e. The molecule has 0 amide bonds. The molecular weight excluding hydrogens is 889 g/mol. The molecule has 0 bridgehead atoms. The second-order valence-electron chi connectivity index (χ2n) is 17.7. The van der Waals surface area contributed by atoms with E-state index >= 15 is 0 Å². The van der Waals surface area contributed by atoms with Gasteiger partial charge in [0.15, 0.2) is 0 Å². The highest BCUT2D eigenvalue weighted by atomic mass is 33.1. The number of thiol groups is 2. The first-order chi connectivity index (χ1) is 30.6. The predicted molar refractivity (Wildman–Crippen MR) is 286 cm³/mol. The van der Waals surface area contributed by atoms with E-state index in [1.54, 1.807) is 0 Å². The van der Waals surface area contributed by atoms with Crippen LogP contribution in [0.2, 0.25) is 0 Å². The molecule has 0 spiro atoms. The highest BCUT2D eigenvalue weighted by Gasteiger charge is 2.18. The van der Waals surface area contributed by atoms with E-state index in [-0.39, 0.29) is 48.8 Å². The number of aliphatic hydroxyl groups excluding tert-OH is 8. The van der Waals surface area contributed by atoms with Gasteiger partial charge in [0.2, 0.25) is 0 Å². The molecular formula is C48H106N4O8S4. The van der Waals surface area contributed by atoms with Gasteiger partial charge >= 0.3 is 0 Å². The molecule has 0 rings (SSSR count). The Hall–Kier alpha value is 0.920. The molecule has 0 heterocycles. The zero-order valence-corrected chi connectivity index (χ0v) is 45.7. The molecule has 0 aliphatic carbocycles. The minimum Gasteiger partial charge on any atom is -0.392 e. The quantitative estimate of drug-likeness (QED) is 0.0178. The van der Waals surface area contributed by atoms with Crippen molar-refractivity contribution in [3.05, 3.63) is 0 Å². The van der Waals surface area contributed by atoms with Crippen LogP contribution in [0.25, 0.3) is 0 Å². The maximum Gasteiger partial charge on any atom is 0.0667 e. The largest absolute Gasteiger partial charge is 0.392 e. The fourth-order valence-corrected chi connectivity index (χ4v) is 10.2. The maximum absolute atomic E-state index is 10.2. The van der Waals surface area contributed by atoms with Crippen LogP contribution in [-0.2, 0) is 0 Å². The SMILES string of the molecule is CCCC(O)CN(CCS)CC(O)CCC.CCCC(O)CN(CCS)CC(O)CCC.CCCC(O)CN(CCSSCCN(CC(O)CCC)CC(O)CCC)CC(O)CCC. The van der Waals surface area contributed by atoms with E-state index in [4.69, 9.17) is 0 Å². The van der Waals surface area contributed by atoms with Crippen molar-refractivity contribution >= 4 is 46.8 Å². The summed E-state index contributed by atoms with van der Waals surface area (Å²) in [6.45, 7) is 25.0. The van der Waals surface area contributed by atoms with Gasteiger partial charge in [-0.15, -0.1) is 0 Å². The Kier molecular flexibility index (Phi) is 54.4. The van der Waals surface area contributed by atoms with Gasteiger partial charge in [-0.1, -0.05) is 128 Å². The van der Waals surface area contributed by atoms with Crippen molar-refractivity contribution in [3.63, 3.8) is 0 Å². The van der Waals surface area contributed by atoms with Crippen LogP contribution in [0.4, 0.5) is 0 Å². The van der Waals surface area contributed by atoms with Crippen LogP contribution in [0.3, 0.4) is 0 Å². The van der Waals surface area contributed by atoms with Gasteiger partial charge in [-0.2, -0.15) is 25.3 Å². The highest BCUT2D eigenvalue weighted by Crippen LogP contribution is 2.22. The third-order valence-electron chi connectivity index (χ3n) is 10.6. The van der Waals surface area contributed by atoms with Crippen LogP contribution in [0.15, 0.2) is 0 Å². The van der Waals surface area contributed by atoms with E-state index in [1.807, 2.05) is 21.6 Å². The molecule has 64 heavy (non-hydrogen) atoms. The van der Waals surface area contributed by atoms with Crippen LogP contribution in [0.1, 0.15) is 158 Å². The summed E-state index contributed by atoms with van der Waals surface area (Å²) in [5, 5.41) is 79.8. The summed E-state index contributed by atoms with van der Waals surface area (Å²) in [6.07, 6.45) is 11.9. The van der Waals surface area contributed by atoms with Gasteiger partial charge in [0.05, 0.1) is 48.8 Å². The van der Waals surface area contributed by atoms with Gasteiger partial charge in [-0.05, 0) is 51.4 Å². The first-order valence-electron chi connectivity index (χ1n) is 25.4. The zero-order valence-electron chi connectivity index (χ0n) is 42.3. The third kappa shape index (κ3) is 46.6. The molecule has 390 valence electrons. The van der Waals surface area contributed by atoms with E-state index in [9.17, 15) is 40.9 Å². The number of hydrogen-bond donors (Lipinski definition) is 10. The molecule has 0 saturated heterocycles. The van der Waals surface area contributed by atoms with Crippen molar-refractivity contribution in [2.75, 3.05) is 102 Å². The molecule has 0 saturated carbocycles. The summed E-state index contributed by atoms with van der Waals surface area (Å²) in [6, 6.07) is 0. The Morgan fingerprint density at radius 2 is 0.453 bits per heavy atom. The Balaban J connectivity index is -0.000000972. The molecule has 0 aliphatic rings. The lowest BCUT2D eigenvalue weighted by Gasteiger charge is -2.27. The van der Waals surface area contributed by atoms with E-state index in [1.165, 1.54) is 0 Å². The standard InChI is InChI=1S/C24H52N2O4S2.2C12H27NO2S/c1-5-9-21(27)17-25(18-22(28)10-6-2)13-15-31-32-16-14-26(19-23(29)11-7-3)20-24(30)12-8-4;2*1-3-5-11(14)9-13(7-8-16)10-12(15)6-4-2/h21-24,27-30H,5-20H2,1-4H3;2*11-12,14-16H,3-10H2,1-2H3. The molecule has 12 nitrogen and oxygen atoms in total. The van der Waals surface area contributed by atoms with Gasteiger partial charge in [-0.25, -0.2) is 0 Å². The van der Waals surface area contributed by atoms with E-state index in [2.05, 4.69) is 100 Å². The summed E-state index contributed by atoms with van der Waals surface area (Å²) in [4.78, 5) is 8.60. The van der Waals surface area contributed by atoms with Crippen LogP contribution in [-0.4, -0.2) is 211 Å². The van der Waals surface area contributed by atoms with Crippen LogP contribution < -0.4 is 0 Å². The van der Waals surface area contributed by atoms with Gasteiger partial charge in [0.1, 0.15) is 0 Å². The Labute approximate surface area is 413 Å². The lowest BCUT2D eigenvalue weighted by molar-refractivity contribution is 0.0649. The summed E-state index contributed by atoms with van der Waals surface area (Å²) >= 11 is 8.41. The predicted octanol–water partition coefficient (Wildman–Crippen LogP) is 6.70. The molecule has 0 radical (unpaired) electrons. The van der Waals surface area contributed by atoms with Crippen LogP contribution in [0.5, 0.6) is 0 Å². The van der Waals surface area contributed by atoms with Crippen molar-refractivity contribution in [1.82, 2.24) is 19.6 Å². The molecule has 0 aliphatic heterocycles. The van der Waals surface area contributed by atoms with Gasteiger partial charge in [0, 0.05) is 102 Å². The van der Waals surface area contributed by atoms with Crippen molar-refractivity contribution in [3.8, 4) is 0 Å². The lowest BCUT2D eigenvalue weighted by atomic mass is 10.1. The number of rotatable bonds is 43. The van der Waals surface area contributed by atoms with Gasteiger partial charge in [-0.3, -0.25) is 19.6 Å². The average Bonchev–Trinajstić information content (AvgIpc) is 3.20. The van der Waals surface area contributed by atoms with Crippen LogP contribution in [0, 0.1) is 0 Å². The minimum absolute atomic E-state index is 0.279. The van der Waals surface area contributed by atoms with Crippen molar-refractivity contribution < 1.29 is 40.9 Å². The fraction of sp³-hybridized carbons (Fsp3) is 1.00. The number of nitrogens with zero attached hydrogens (tertiary/aromatic N) is 4. The second-order valence-corrected chi connectivity index (χ2v) is 21.3. The fourth-order valence-electron chi connectivity index (χ4n) is 7.54. The first kappa shape index (κ1) is 69.2. The average molecular weight is 996 g/mol. The Morgan fingerprint density at radius 3 is 0.594 bits per heavy atom. The number of aliphatic hydroxyl groups is 8. The van der Waals surface area contributed by atoms with E-state index < -0.39 is 0 Å². The number of hydrogen-bond acceptors (Lipinski definition) is 16. The summed E-state index contributed by atoms with van der Waals surface area (Å²) in [7, 11) is 3.65. The van der Waals surface area contributed by atoms with E-state index in [0.29, 0.717) is 52.4 Å². The first-order valence-corrected chi connectivity index (χ1v) is 29.2. The Morgan fingerprint density at radius 1 is 0.297 bits per heavy atom. The lowest BCUT2D eigenvalue weighted by Crippen LogP contribution is -2.39. The maximum atomic E-state index is 10.2. The molecule has 0 fully saturated rings. The zero-order chi connectivity index (χ0) is 49.0. The molecule has 0 aromatic heterocycles. The highest BCUT2D eigenvalue weighted by molar-refractivity contribution is 8.76. The summed E-state index contributed by atoms with van der Waals surface area (Å²) < 4.78 is 0. The molecule has 16 heteroatoms. The van der Waals surface area contributed by atoms with Gasteiger partial charge < -0.3 is 40.9 Å². The molecule has 0 aromatic rings. The van der Waals surface area contributed by atoms with Crippen molar-refractivity contribution in [1.29, 1.82) is 0 Å². The monoisotopic (exact) mass is 995 g/mol. The normalized spacial score (nSPS) is 15.7. The Bertz CT molecular complexity index is 808. The van der Waals surface area contributed by atoms with E-state index in [0.717, 1.165) is 152 Å². The van der Waals surface area contributed by atoms with Crippen molar-refractivity contribution in [2.24, 2.45) is 0 Å². The minimum atomic E-state index is -0.330. The molecule has 8 N–H and O–H groups in total. The topological polar surface area (TPSA) is 175 Å².